The first-order chi connectivity index (χ1) is 12.6. The van der Waals surface area contributed by atoms with Crippen molar-refractivity contribution >= 4 is 28.4 Å². The van der Waals surface area contributed by atoms with Crippen LogP contribution in [0.5, 0.6) is 0 Å². The van der Waals surface area contributed by atoms with Crippen LogP contribution in [0.3, 0.4) is 0 Å². The number of rotatable bonds is 3. The minimum atomic E-state index is -0.118. The number of nitrogens with one attached hydrogen (secondary N) is 1. The molecule has 1 N–H and O–H groups in total. The SMILES string of the molecule is Cc1nn(-c2ncc(C(=O)NC3CCCCC3)cn2)c2cc(Cl)ccc12. The first-order valence-corrected chi connectivity index (χ1v) is 9.28. The molecule has 134 valence electrons. The van der Waals surface area contributed by atoms with Gasteiger partial charge in [0.2, 0.25) is 0 Å². The monoisotopic (exact) mass is 369 g/mol. The first kappa shape index (κ1) is 17.0. The molecule has 26 heavy (non-hydrogen) atoms. The fourth-order valence-electron chi connectivity index (χ4n) is 3.46. The summed E-state index contributed by atoms with van der Waals surface area (Å²) in [6.45, 7) is 1.93. The van der Waals surface area contributed by atoms with Crippen molar-refractivity contribution in [2.24, 2.45) is 0 Å². The number of hydrogen-bond acceptors (Lipinski definition) is 4. The molecular weight excluding hydrogens is 350 g/mol. The number of halogens is 1. The van der Waals surface area contributed by atoms with Gasteiger partial charge in [0.25, 0.3) is 11.9 Å². The molecule has 2 heterocycles. The number of carbonyl (C=O) groups is 1. The molecule has 1 aliphatic carbocycles. The Kier molecular flexibility index (Phi) is 4.59. The van der Waals surface area contributed by atoms with E-state index in [9.17, 15) is 4.79 Å². The maximum atomic E-state index is 12.4. The molecule has 1 fully saturated rings. The van der Waals surface area contributed by atoms with Gasteiger partial charge in [0.05, 0.1) is 16.8 Å². The van der Waals surface area contributed by atoms with Gasteiger partial charge < -0.3 is 5.32 Å². The van der Waals surface area contributed by atoms with Crippen molar-refractivity contribution in [3.63, 3.8) is 0 Å². The fraction of sp³-hybridized carbons (Fsp3) is 0.368. The summed E-state index contributed by atoms with van der Waals surface area (Å²) in [7, 11) is 0. The van der Waals surface area contributed by atoms with E-state index in [0.717, 1.165) is 29.4 Å². The molecule has 1 aliphatic rings. The summed E-state index contributed by atoms with van der Waals surface area (Å²) < 4.78 is 1.65. The van der Waals surface area contributed by atoms with Gasteiger partial charge in [-0.15, -0.1) is 0 Å². The maximum absolute atomic E-state index is 12.4. The van der Waals surface area contributed by atoms with Crippen LogP contribution < -0.4 is 5.32 Å². The lowest BCUT2D eigenvalue weighted by Gasteiger charge is -2.22. The number of amides is 1. The highest BCUT2D eigenvalue weighted by molar-refractivity contribution is 6.31. The van der Waals surface area contributed by atoms with E-state index in [4.69, 9.17) is 11.6 Å². The molecule has 1 aromatic carbocycles. The third-order valence-corrected chi connectivity index (χ3v) is 5.09. The molecule has 7 heteroatoms. The molecule has 0 unspecified atom stereocenters. The van der Waals surface area contributed by atoms with Crippen molar-refractivity contribution in [3.05, 3.63) is 46.9 Å². The first-order valence-electron chi connectivity index (χ1n) is 8.90. The second-order valence-electron chi connectivity index (χ2n) is 6.74. The normalized spacial score (nSPS) is 15.3. The number of aryl methyl sites for hydroxylation is 1. The molecule has 0 radical (unpaired) electrons. The zero-order chi connectivity index (χ0) is 18.1. The van der Waals surface area contributed by atoms with Gasteiger partial charge in [-0.25, -0.2) is 9.97 Å². The number of hydrogen-bond donors (Lipinski definition) is 1. The molecule has 1 saturated carbocycles. The van der Waals surface area contributed by atoms with Crippen LogP contribution in [0.2, 0.25) is 5.02 Å². The lowest BCUT2D eigenvalue weighted by molar-refractivity contribution is 0.0927. The standard InChI is InChI=1S/C19H20ClN5O/c1-12-16-8-7-14(20)9-17(16)25(24-12)19-21-10-13(11-22-19)18(26)23-15-5-3-2-4-6-15/h7-11,15H,2-6H2,1H3,(H,23,26). The van der Waals surface area contributed by atoms with E-state index < -0.39 is 0 Å². The van der Waals surface area contributed by atoms with E-state index >= 15 is 0 Å². The van der Waals surface area contributed by atoms with Crippen molar-refractivity contribution in [2.45, 2.75) is 45.1 Å². The number of benzene rings is 1. The van der Waals surface area contributed by atoms with E-state index in [0.29, 0.717) is 16.5 Å². The molecule has 3 aromatic rings. The Morgan fingerprint density at radius 2 is 1.92 bits per heavy atom. The van der Waals surface area contributed by atoms with Gasteiger partial charge in [-0.2, -0.15) is 9.78 Å². The van der Waals surface area contributed by atoms with Crippen LogP contribution in [0, 0.1) is 6.92 Å². The molecule has 0 aliphatic heterocycles. The van der Waals surface area contributed by atoms with Crippen LogP contribution in [0.15, 0.2) is 30.6 Å². The predicted octanol–water partition coefficient (Wildman–Crippen LogP) is 3.84. The average Bonchev–Trinajstić information content (AvgIpc) is 2.98. The summed E-state index contributed by atoms with van der Waals surface area (Å²) in [6.07, 6.45) is 8.80. The molecule has 0 spiro atoms. The fourth-order valence-corrected chi connectivity index (χ4v) is 3.63. The Morgan fingerprint density at radius 1 is 1.19 bits per heavy atom. The summed E-state index contributed by atoms with van der Waals surface area (Å²) in [4.78, 5) is 21.1. The number of nitrogens with zero attached hydrogens (tertiary/aromatic N) is 4. The zero-order valence-corrected chi connectivity index (χ0v) is 15.3. The molecule has 6 nitrogen and oxygen atoms in total. The maximum Gasteiger partial charge on any atom is 0.254 e. The van der Waals surface area contributed by atoms with E-state index in [1.165, 1.54) is 19.3 Å². The number of fused-ring (bicyclic) bond motifs is 1. The van der Waals surface area contributed by atoms with Crippen molar-refractivity contribution in [2.75, 3.05) is 0 Å². The Bertz CT molecular complexity index is 944. The van der Waals surface area contributed by atoms with E-state index in [1.807, 2.05) is 25.1 Å². The molecular formula is C19H20ClN5O. The van der Waals surface area contributed by atoms with Gasteiger partial charge in [0.15, 0.2) is 0 Å². The van der Waals surface area contributed by atoms with Crippen LogP contribution in [-0.2, 0) is 0 Å². The van der Waals surface area contributed by atoms with Gasteiger partial charge in [-0.3, -0.25) is 4.79 Å². The van der Waals surface area contributed by atoms with Crippen LogP contribution in [0.1, 0.15) is 48.2 Å². The van der Waals surface area contributed by atoms with E-state index in [-0.39, 0.29) is 11.9 Å². The summed E-state index contributed by atoms with van der Waals surface area (Å²) in [6, 6.07) is 5.87. The van der Waals surface area contributed by atoms with Gasteiger partial charge >= 0.3 is 0 Å². The second kappa shape index (κ2) is 7.03. The summed E-state index contributed by atoms with van der Waals surface area (Å²) in [5, 5.41) is 9.20. The molecule has 1 amide bonds. The summed E-state index contributed by atoms with van der Waals surface area (Å²) in [5.41, 5.74) is 2.18. The molecule has 0 bridgehead atoms. The van der Waals surface area contributed by atoms with Crippen LogP contribution in [0.25, 0.3) is 16.9 Å². The van der Waals surface area contributed by atoms with Gasteiger partial charge in [-0.05, 0) is 38.0 Å². The minimum Gasteiger partial charge on any atom is -0.349 e. The Morgan fingerprint density at radius 3 is 2.65 bits per heavy atom. The van der Waals surface area contributed by atoms with Crippen molar-refractivity contribution in [1.29, 1.82) is 0 Å². The molecule has 4 rings (SSSR count). The Labute approximate surface area is 156 Å². The smallest absolute Gasteiger partial charge is 0.254 e. The highest BCUT2D eigenvalue weighted by Crippen LogP contribution is 2.24. The molecule has 2 aromatic heterocycles. The van der Waals surface area contributed by atoms with Crippen LogP contribution >= 0.6 is 11.6 Å². The quantitative estimate of drug-likeness (QED) is 0.761. The topological polar surface area (TPSA) is 72.7 Å². The third kappa shape index (κ3) is 3.29. The highest BCUT2D eigenvalue weighted by Gasteiger charge is 2.18. The summed E-state index contributed by atoms with van der Waals surface area (Å²) >= 11 is 6.11. The average molecular weight is 370 g/mol. The second-order valence-corrected chi connectivity index (χ2v) is 7.18. The molecule has 0 saturated heterocycles. The third-order valence-electron chi connectivity index (χ3n) is 4.86. The lowest BCUT2D eigenvalue weighted by Crippen LogP contribution is -2.36. The van der Waals surface area contributed by atoms with Crippen molar-refractivity contribution in [1.82, 2.24) is 25.1 Å². The zero-order valence-electron chi connectivity index (χ0n) is 14.6. The Hall–Kier alpha value is -2.47. The van der Waals surface area contributed by atoms with Gasteiger partial charge in [0.1, 0.15) is 0 Å². The van der Waals surface area contributed by atoms with E-state index in [2.05, 4.69) is 20.4 Å². The van der Waals surface area contributed by atoms with E-state index in [1.54, 1.807) is 17.1 Å². The Balaban J connectivity index is 1.58. The van der Waals surface area contributed by atoms with Crippen molar-refractivity contribution in [3.8, 4) is 5.95 Å². The van der Waals surface area contributed by atoms with Gasteiger partial charge in [-0.1, -0.05) is 30.9 Å². The van der Waals surface area contributed by atoms with Crippen LogP contribution in [0.4, 0.5) is 0 Å². The van der Waals surface area contributed by atoms with Crippen molar-refractivity contribution < 1.29 is 4.79 Å². The predicted molar refractivity (Wildman–Crippen MR) is 101 cm³/mol. The minimum absolute atomic E-state index is 0.118. The molecule has 0 atom stereocenters. The summed E-state index contributed by atoms with van der Waals surface area (Å²) in [5.74, 6) is 0.299. The number of aromatic nitrogens is 4. The highest BCUT2D eigenvalue weighted by atomic mass is 35.5. The van der Waals surface area contributed by atoms with Gasteiger partial charge in [0, 0.05) is 28.8 Å². The van der Waals surface area contributed by atoms with Crippen LogP contribution in [-0.4, -0.2) is 31.7 Å². The number of carbonyl (C=O) groups excluding carboxylic acids is 1. The lowest BCUT2D eigenvalue weighted by atomic mass is 9.95. The largest absolute Gasteiger partial charge is 0.349 e.